The largest absolute Gasteiger partial charge is 0.285 e. The first kappa shape index (κ1) is 12.5. The highest BCUT2D eigenvalue weighted by atomic mass is 32.1. The van der Waals surface area contributed by atoms with Crippen molar-refractivity contribution in [2.24, 2.45) is 0 Å². The molecule has 0 bridgehead atoms. The molecule has 1 N–H and O–H groups in total. The van der Waals surface area contributed by atoms with E-state index in [0.29, 0.717) is 5.69 Å². The zero-order valence-electron chi connectivity index (χ0n) is 10.5. The number of aromatic amines is 1. The Kier molecular flexibility index (Phi) is 3.26. The van der Waals surface area contributed by atoms with Crippen LogP contribution < -0.4 is 5.56 Å². The molecule has 3 aromatic rings. The lowest BCUT2D eigenvalue weighted by Gasteiger charge is -2.07. The molecule has 0 atom stereocenters. The van der Waals surface area contributed by atoms with Gasteiger partial charge in [0.15, 0.2) is 5.69 Å². The summed E-state index contributed by atoms with van der Waals surface area (Å²) < 4.78 is 1.73. The maximum absolute atomic E-state index is 12.6. The van der Waals surface area contributed by atoms with Crippen LogP contribution in [0.4, 0.5) is 0 Å². The third kappa shape index (κ3) is 2.19. The maximum atomic E-state index is 12.6. The van der Waals surface area contributed by atoms with E-state index >= 15 is 0 Å². The molecule has 0 radical (unpaired) electrons. The predicted octanol–water partition coefficient (Wildman–Crippen LogP) is 2.96. The highest BCUT2D eigenvalue weighted by molar-refractivity contribution is 7.71. The molecule has 0 saturated carbocycles. The summed E-state index contributed by atoms with van der Waals surface area (Å²) in [5.74, 6) is 0. The number of nitrogens with zero attached hydrogens (tertiary/aromatic N) is 2. The van der Waals surface area contributed by atoms with Crippen molar-refractivity contribution in [2.45, 2.75) is 0 Å². The van der Waals surface area contributed by atoms with Crippen molar-refractivity contribution in [1.29, 1.82) is 0 Å². The molecule has 2 aromatic carbocycles. The second kappa shape index (κ2) is 5.22. The van der Waals surface area contributed by atoms with Crippen molar-refractivity contribution in [3.8, 4) is 16.9 Å². The summed E-state index contributed by atoms with van der Waals surface area (Å²) in [4.78, 5) is 12.6. The predicted molar refractivity (Wildman–Crippen MR) is 80.5 cm³/mol. The number of rotatable bonds is 2. The van der Waals surface area contributed by atoms with Crippen molar-refractivity contribution in [3.05, 3.63) is 75.8 Å². The average molecular weight is 281 g/mol. The van der Waals surface area contributed by atoms with Gasteiger partial charge in [-0.15, -0.1) is 0 Å². The normalized spacial score (nSPS) is 10.4. The molecule has 20 heavy (non-hydrogen) atoms. The summed E-state index contributed by atoms with van der Waals surface area (Å²) in [5.41, 5.74) is 1.60. The minimum atomic E-state index is -0.230. The topological polar surface area (TPSA) is 50.7 Å². The smallest absolute Gasteiger partial charge is 0.266 e. The molecule has 0 spiro atoms. The molecule has 3 rings (SSSR count). The molecule has 0 saturated heterocycles. The van der Waals surface area contributed by atoms with Crippen LogP contribution in [0.2, 0.25) is 0 Å². The van der Waals surface area contributed by atoms with Crippen LogP contribution in [0.5, 0.6) is 0 Å². The molecule has 0 aliphatic heterocycles. The lowest BCUT2D eigenvalue weighted by atomic mass is 10.2. The van der Waals surface area contributed by atoms with Gasteiger partial charge >= 0.3 is 0 Å². The van der Waals surface area contributed by atoms with Gasteiger partial charge in [-0.1, -0.05) is 48.5 Å². The van der Waals surface area contributed by atoms with Gasteiger partial charge in [-0.05, 0) is 24.4 Å². The average Bonchev–Trinajstić information content (AvgIpc) is 2.49. The van der Waals surface area contributed by atoms with Crippen LogP contribution in [0, 0.1) is 4.77 Å². The van der Waals surface area contributed by atoms with E-state index in [1.54, 1.807) is 0 Å². The minimum absolute atomic E-state index is 0.230. The van der Waals surface area contributed by atoms with Crippen LogP contribution in [0.3, 0.4) is 0 Å². The fourth-order valence-electron chi connectivity index (χ4n) is 2.00. The van der Waals surface area contributed by atoms with Crippen molar-refractivity contribution < 1.29 is 0 Å². The third-order valence-electron chi connectivity index (χ3n) is 2.93. The van der Waals surface area contributed by atoms with Crippen LogP contribution >= 0.6 is 12.2 Å². The van der Waals surface area contributed by atoms with E-state index in [2.05, 4.69) is 10.2 Å². The van der Waals surface area contributed by atoms with Gasteiger partial charge < -0.3 is 0 Å². The second-order valence-electron chi connectivity index (χ2n) is 4.22. The van der Waals surface area contributed by atoms with E-state index < -0.39 is 0 Å². The fourth-order valence-corrected chi connectivity index (χ4v) is 2.23. The van der Waals surface area contributed by atoms with Gasteiger partial charge in [0.1, 0.15) is 0 Å². The van der Waals surface area contributed by atoms with E-state index in [4.69, 9.17) is 12.2 Å². The molecule has 0 amide bonds. The van der Waals surface area contributed by atoms with Crippen LogP contribution in [-0.2, 0) is 0 Å². The third-order valence-corrected chi connectivity index (χ3v) is 3.21. The maximum Gasteiger partial charge on any atom is 0.285 e. The Bertz CT molecular complexity index is 838. The standard InChI is InChI=1S/C15H11N3OS/c19-14-13(11-7-3-1-4-8-11)16-17-15(20)18(14)12-9-5-2-6-10-12/h1-10H,(H,17,20). The van der Waals surface area contributed by atoms with Gasteiger partial charge in [0.05, 0.1) is 5.69 Å². The Morgan fingerprint density at radius 1 is 0.950 bits per heavy atom. The second-order valence-corrected chi connectivity index (χ2v) is 4.61. The summed E-state index contributed by atoms with van der Waals surface area (Å²) in [6.07, 6.45) is 0. The quantitative estimate of drug-likeness (QED) is 0.735. The van der Waals surface area contributed by atoms with E-state index in [9.17, 15) is 4.79 Å². The molecule has 0 aliphatic carbocycles. The number of nitrogens with one attached hydrogen (secondary N) is 1. The molecule has 1 aromatic heterocycles. The van der Waals surface area contributed by atoms with E-state index in [1.807, 2.05) is 60.7 Å². The van der Waals surface area contributed by atoms with E-state index in [0.717, 1.165) is 11.3 Å². The first-order valence-corrected chi connectivity index (χ1v) is 6.51. The number of hydrogen-bond donors (Lipinski definition) is 1. The van der Waals surface area contributed by atoms with Crippen molar-refractivity contribution in [2.75, 3.05) is 0 Å². The monoisotopic (exact) mass is 281 g/mol. The van der Waals surface area contributed by atoms with Gasteiger partial charge in [0.2, 0.25) is 4.77 Å². The lowest BCUT2D eigenvalue weighted by Crippen LogP contribution is -2.23. The summed E-state index contributed by atoms with van der Waals surface area (Å²) in [5, 5.41) is 6.81. The van der Waals surface area contributed by atoms with Gasteiger partial charge in [0.25, 0.3) is 5.56 Å². The summed E-state index contributed by atoms with van der Waals surface area (Å²) in [6.45, 7) is 0. The van der Waals surface area contributed by atoms with Gasteiger partial charge in [-0.2, -0.15) is 5.10 Å². The Balaban J connectivity index is 2.28. The molecule has 98 valence electrons. The first-order valence-electron chi connectivity index (χ1n) is 6.10. The van der Waals surface area contributed by atoms with Crippen LogP contribution in [0.1, 0.15) is 0 Å². The summed E-state index contributed by atoms with van der Waals surface area (Å²) in [6, 6.07) is 18.6. The fraction of sp³-hybridized carbons (Fsp3) is 0. The molecule has 0 unspecified atom stereocenters. The number of benzene rings is 2. The molecule has 0 aliphatic rings. The van der Waals surface area contributed by atoms with Crippen molar-refractivity contribution in [1.82, 2.24) is 14.8 Å². The van der Waals surface area contributed by atoms with E-state index in [-0.39, 0.29) is 10.3 Å². The molecule has 5 heteroatoms. The van der Waals surface area contributed by atoms with Gasteiger partial charge in [0, 0.05) is 5.56 Å². The highest BCUT2D eigenvalue weighted by Crippen LogP contribution is 2.12. The zero-order chi connectivity index (χ0) is 13.9. The van der Waals surface area contributed by atoms with Crippen LogP contribution in [-0.4, -0.2) is 14.8 Å². The Morgan fingerprint density at radius 2 is 1.55 bits per heavy atom. The van der Waals surface area contributed by atoms with Gasteiger partial charge in [-0.3, -0.25) is 14.5 Å². The number of para-hydroxylation sites is 1. The molecular weight excluding hydrogens is 270 g/mol. The van der Waals surface area contributed by atoms with Crippen LogP contribution in [0.15, 0.2) is 65.5 Å². The van der Waals surface area contributed by atoms with Crippen molar-refractivity contribution in [3.63, 3.8) is 0 Å². The minimum Gasteiger partial charge on any atom is -0.266 e. The van der Waals surface area contributed by atoms with Gasteiger partial charge in [-0.25, -0.2) is 0 Å². The number of H-pyrrole nitrogens is 1. The Morgan fingerprint density at radius 3 is 2.20 bits per heavy atom. The Labute approximate surface area is 120 Å². The number of hydrogen-bond acceptors (Lipinski definition) is 3. The van der Waals surface area contributed by atoms with Crippen LogP contribution in [0.25, 0.3) is 16.9 Å². The zero-order valence-corrected chi connectivity index (χ0v) is 11.3. The SMILES string of the molecule is O=c1c(-c2ccccc2)n[nH]c(=S)n1-c1ccccc1. The molecule has 0 fully saturated rings. The summed E-state index contributed by atoms with van der Waals surface area (Å²) >= 11 is 5.18. The Hall–Kier alpha value is -2.53. The highest BCUT2D eigenvalue weighted by Gasteiger charge is 2.10. The number of aromatic nitrogens is 3. The summed E-state index contributed by atoms with van der Waals surface area (Å²) in [7, 11) is 0. The molecular formula is C15H11N3OS. The first-order chi connectivity index (χ1) is 9.77. The molecule has 1 heterocycles. The van der Waals surface area contributed by atoms with Crippen molar-refractivity contribution >= 4 is 12.2 Å². The van der Waals surface area contributed by atoms with E-state index in [1.165, 1.54) is 4.57 Å². The lowest BCUT2D eigenvalue weighted by molar-refractivity contribution is 0.838. The molecule has 4 nitrogen and oxygen atoms in total.